The van der Waals surface area contributed by atoms with E-state index in [2.05, 4.69) is 5.32 Å². The second kappa shape index (κ2) is 7.17. The highest BCUT2D eigenvalue weighted by atomic mass is 19.1. The molecule has 0 aliphatic carbocycles. The number of aryl methyl sites for hydroxylation is 1. The van der Waals surface area contributed by atoms with Crippen LogP contribution in [0.15, 0.2) is 17.1 Å². The van der Waals surface area contributed by atoms with Crippen LogP contribution in [0.1, 0.15) is 55.1 Å². The molecule has 2 aliphatic rings. The number of halogens is 1. The van der Waals surface area contributed by atoms with Gasteiger partial charge in [-0.3, -0.25) is 9.59 Å². The maximum atomic E-state index is 15.2. The van der Waals surface area contributed by atoms with E-state index in [9.17, 15) is 19.5 Å². The molecule has 0 spiro atoms. The zero-order chi connectivity index (χ0) is 20.9. The third-order valence-electron chi connectivity index (χ3n) is 6.08. The Bertz CT molecular complexity index is 1070. The number of hydrogen-bond donors (Lipinski definition) is 2. The molecule has 1 amide bonds. The zero-order valence-electron chi connectivity index (χ0n) is 16.5. The summed E-state index contributed by atoms with van der Waals surface area (Å²) in [4.78, 5) is 37.5. The fraction of sp³-hybridized carbons (Fsp3) is 0.476. The number of piperidine rings is 1. The lowest BCUT2D eigenvalue weighted by Crippen LogP contribution is -2.44. The van der Waals surface area contributed by atoms with Gasteiger partial charge in [0.1, 0.15) is 11.4 Å². The van der Waals surface area contributed by atoms with E-state index >= 15 is 4.39 Å². The van der Waals surface area contributed by atoms with Crippen molar-refractivity contribution in [1.29, 1.82) is 0 Å². The summed E-state index contributed by atoms with van der Waals surface area (Å²) in [7, 11) is 0. The summed E-state index contributed by atoms with van der Waals surface area (Å²) in [6, 6.07) is 1.30. The number of nitrogens with zero attached hydrogens (tertiary/aromatic N) is 2. The summed E-state index contributed by atoms with van der Waals surface area (Å²) in [5, 5.41) is 12.4. The molecular weight excluding hydrogens is 377 g/mol. The van der Waals surface area contributed by atoms with Crippen molar-refractivity contribution in [3.8, 4) is 0 Å². The van der Waals surface area contributed by atoms with Crippen molar-refractivity contribution in [2.45, 2.75) is 51.6 Å². The van der Waals surface area contributed by atoms with E-state index in [1.165, 1.54) is 19.2 Å². The second-order valence-electron chi connectivity index (χ2n) is 8.02. The number of nitrogens with one attached hydrogen (secondary N) is 1. The van der Waals surface area contributed by atoms with E-state index < -0.39 is 17.2 Å². The third-order valence-corrected chi connectivity index (χ3v) is 6.08. The van der Waals surface area contributed by atoms with Gasteiger partial charge in [0.25, 0.3) is 0 Å². The maximum absolute atomic E-state index is 15.2. The summed E-state index contributed by atoms with van der Waals surface area (Å²) in [6.45, 7) is 4.67. The first-order chi connectivity index (χ1) is 13.8. The molecule has 0 radical (unpaired) electrons. The molecule has 4 rings (SSSR count). The Morgan fingerprint density at radius 2 is 1.93 bits per heavy atom. The molecule has 1 aromatic carbocycles. The molecule has 3 heterocycles. The van der Waals surface area contributed by atoms with Crippen molar-refractivity contribution in [3.05, 3.63) is 39.4 Å². The number of carboxylic acid groups (broad SMARTS) is 1. The number of anilines is 1. The van der Waals surface area contributed by atoms with Gasteiger partial charge in [-0.25, -0.2) is 9.18 Å². The predicted molar refractivity (Wildman–Crippen MR) is 107 cm³/mol. The average molecular weight is 401 g/mol. The Hall–Kier alpha value is -2.90. The van der Waals surface area contributed by atoms with Crippen molar-refractivity contribution >= 4 is 28.5 Å². The van der Waals surface area contributed by atoms with Gasteiger partial charge in [-0.2, -0.15) is 0 Å². The van der Waals surface area contributed by atoms with Crippen molar-refractivity contribution in [3.63, 3.8) is 0 Å². The number of amides is 1. The molecule has 1 atom stereocenters. The fourth-order valence-electron chi connectivity index (χ4n) is 4.66. The number of rotatable bonds is 3. The summed E-state index contributed by atoms with van der Waals surface area (Å²) in [6.07, 6.45) is 4.20. The summed E-state index contributed by atoms with van der Waals surface area (Å²) in [5.74, 6) is -1.86. The molecular formula is C21H24FN3O4. The van der Waals surface area contributed by atoms with E-state index in [-0.39, 0.29) is 28.9 Å². The SMILES string of the molecule is CC(=O)NC1CCN(c2c(F)cc3c(=O)c(C(=O)O)cn4c3c2CCC4C)CC1. The van der Waals surface area contributed by atoms with E-state index in [1.807, 2.05) is 16.4 Å². The van der Waals surface area contributed by atoms with Crippen molar-refractivity contribution < 1.29 is 19.1 Å². The number of hydrogen-bond acceptors (Lipinski definition) is 4. The van der Waals surface area contributed by atoms with Gasteiger partial charge in [-0.15, -0.1) is 0 Å². The monoisotopic (exact) mass is 401 g/mol. The first kappa shape index (κ1) is 19.4. The van der Waals surface area contributed by atoms with Crippen LogP contribution in [0.4, 0.5) is 10.1 Å². The zero-order valence-corrected chi connectivity index (χ0v) is 16.5. The van der Waals surface area contributed by atoms with Crippen molar-refractivity contribution in [2.75, 3.05) is 18.0 Å². The van der Waals surface area contributed by atoms with Crippen LogP contribution in [0.3, 0.4) is 0 Å². The minimum atomic E-state index is -1.30. The van der Waals surface area contributed by atoms with Crippen LogP contribution in [-0.4, -0.2) is 40.7 Å². The molecule has 7 nitrogen and oxygen atoms in total. The van der Waals surface area contributed by atoms with Crippen LogP contribution < -0.4 is 15.6 Å². The van der Waals surface area contributed by atoms with Crippen LogP contribution in [0.25, 0.3) is 10.9 Å². The summed E-state index contributed by atoms with van der Waals surface area (Å²) >= 11 is 0. The highest BCUT2D eigenvalue weighted by Gasteiger charge is 2.30. The highest BCUT2D eigenvalue weighted by molar-refractivity contribution is 5.95. The van der Waals surface area contributed by atoms with E-state index in [0.29, 0.717) is 30.7 Å². The van der Waals surface area contributed by atoms with Gasteiger partial charge in [-0.1, -0.05) is 0 Å². The molecule has 1 unspecified atom stereocenters. The van der Waals surface area contributed by atoms with Gasteiger partial charge in [0.2, 0.25) is 11.3 Å². The van der Waals surface area contributed by atoms with Gasteiger partial charge >= 0.3 is 5.97 Å². The van der Waals surface area contributed by atoms with Crippen LogP contribution in [0.2, 0.25) is 0 Å². The molecule has 1 aromatic heterocycles. The summed E-state index contributed by atoms with van der Waals surface area (Å²) in [5.41, 5.74) is 0.931. The number of aromatic carboxylic acids is 1. The lowest BCUT2D eigenvalue weighted by atomic mass is 9.92. The van der Waals surface area contributed by atoms with Gasteiger partial charge < -0.3 is 19.9 Å². The molecule has 2 aliphatic heterocycles. The van der Waals surface area contributed by atoms with Crippen molar-refractivity contribution in [1.82, 2.24) is 9.88 Å². The predicted octanol–water partition coefficient (Wildman–Crippen LogP) is 2.45. The van der Waals surface area contributed by atoms with Gasteiger partial charge in [0.15, 0.2) is 0 Å². The maximum Gasteiger partial charge on any atom is 0.341 e. The molecule has 29 heavy (non-hydrogen) atoms. The minimum absolute atomic E-state index is 0.0208. The molecule has 2 aromatic rings. The normalized spacial score (nSPS) is 19.4. The first-order valence-corrected chi connectivity index (χ1v) is 9.93. The van der Waals surface area contributed by atoms with E-state index in [4.69, 9.17) is 0 Å². The molecule has 1 fully saturated rings. The number of carboxylic acids is 1. The Kier molecular flexibility index (Phi) is 4.80. The largest absolute Gasteiger partial charge is 0.477 e. The van der Waals surface area contributed by atoms with Gasteiger partial charge in [0, 0.05) is 49.2 Å². The number of carbonyl (C=O) groups excluding carboxylic acids is 1. The molecule has 154 valence electrons. The van der Waals surface area contributed by atoms with Crippen LogP contribution in [-0.2, 0) is 11.2 Å². The Balaban J connectivity index is 1.83. The van der Waals surface area contributed by atoms with Gasteiger partial charge in [0.05, 0.1) is 11.2 Å². The quantitative estimate of drug-likeness (QED) is 0.824. The van der Waals surface area contributed by atoms with Gasteiger partial charge in [-0.05, 0) is 38.7 Å². The van der Waals surface area contributed by atoms with Crippen LogP contribution in [0, 0.1) is 5.82 Å². The molecule has 0 saturated carbocycles. The number of aromatic nitrogens is 1. The Labute approximate surface area is 167 Å². The van der Waals surface area contributed by atoms with E-state index in [0.717, 1.165) is 24.8 Å². The molecule has 2 N–H and O–H groups in total. The fourth-order valence-corrected chi connectivity index (χ4v) is 4.66. The first-order valence-electron chi connectivity index (χ1n) is 9.93. The van der Waals surface area contributed by atoms with E-state index in [1.54, 1.807) is 0 Å². The standard InChI is InChI=1S/C21H24FN3O4/c1-11-3-4-14-18-15(20(27)16(21(28)29)10-25(11)18)9-17(22)19(14)24-7-5-13(6-8-24)23-12(2)26/h9-11,13H,3-8H2,1-2H3,(H,23,26)(H,28,29). The Morgan fingerprint density at radius 3 is 2.55 bits per heavy atom. The van der Waals surface area contributed by atoms with Crippen LogP contribution in [0.5, 0.6) is 0 Å². The highest BCUT2D eigenvalue weighted by Crippen LogP contribution is 2.38. The average Bonchev–Trinajstić information content (AvgIpc) is 2.66. The second-order valence-corrected chi connectivity index (χ2v) is 8.02. The molecule has 1 saturated heterocycles. The van der Waals surface area contributed by atoms with Crippen molar-refractivity contribution in [2.24, 2.45) is 0 Å². The number of pyridine rings is 1. The molecule has 8 heteroatoms. The third kappa shape index (κ3) is 3.26. The number of benzene rings is 1. The molecule has 0 bridgehead atoms. The summed E-state index contributed by atoms with van der Waals surface area (Å²) < 4.78 is 17.0. The number of carbonyl (C=O) groups is 2. The topological polar surface area (TPSA) is 91.6 Å². The lowest BCUT2D eigenvalue weighted by molar-refractivity contribution is -0.119. The Morgan fingerprint density at radius 1 is 1.24 bits per heavy atom. The minimum Gasteiger partial charge on any atom is -0.477 e. The van der Waals surface area contributed by atoms with Crippen LogP contribution >= 0.6 is 0 Å². The lowest BCUT2D eigenvalue weighted by Gasteiger charge is -2.37. The smallest absolute Gasteiger partial charge is 0.341 e.